The molecule has 0 spiro atoms. The molecule has 3 aliphatic rings. The zero-order chi connectivity index (χ0) is 22.3. The van der Waals surface area contributed by atoms with Crippen molar-refractivity contribution < 1.29 is 15.0 Å². The van der Waals surface area contributed by atoms with Gasteiger partial charge in [-0.05, 0) is 91.1 Å². The van der Waals surface area contributed by atoms with Gasteiger partial charge in [0, 0.05) is 30.7 Å². The molecule has 2 N–H and O–H groups in total. The molecule has 2 atom stereocenters. The van der Waals surface area contributed by atoms with Crippen LogP contribution in [0.25, 0.3) is 0 Å². The number of nitrogens with zero attached hydrogens (tertiary/aromatic N) is 2. The monoisotopic (exact) mass is 432 g/mol. The molecule has 2 aromatic carbocycles. The van der Waals surface area contributed by atoms with Gasteiger partial charge in [-0.1, -0.05) is 25.1 Å². The van der Waals surface area contributed by atoms with Crippen molar-refractivity contribution in [1.82, 2.24) is 9.80 Å². The Morgan fingerprint density at radius 1 is 1.12 bits per heavy atom. The summed E-state index contributed by atoms with van der Waals surface area (Å²) in [6.45, 7) is 4.88. The van der Waals surface area contributed by atoms with Crippen molar-refractivity contribution in [2.45, 2.75) is 57.0 Å². The minimum Gasteiger partial charge on any atom is -0.508 e. The summed E-state index contributed by atoms with van der Waals surface area (Å²) in [5.74, 6) is 1.35. The van der Waals surface area contributed by atoms with Crippen molar-refractivity contribution in [3.8, 4) is 11.5 Å². The lowest BCUT2D eigenvalue weighted by atomic mass is 9.59. The topological polar surface area (TPSA) is 64.0 Å². The van der Waals surface area contributed by atoms with Crippen LogP contribution in [0.4, 0.5) is 0 Å². The number of fused-ring (bicyclic) bond motifs is 4. The van der Waals surface area contributed by atoms with Crippen LogP contribution >= 0.6 is 0 Å². The van der Waals surface area contributed by atoms with Gasteiger partial charge in [0.25, 0.3) is 0 Å². The predicted molar refractivity (Wildman–Crippen MR) is 124 cm³/mol. The third-order valence-corrected chi connectivity index (χ3v) is 7.74. The van der Waals surface area contributed by atoms with E-state index in [1.54, 1.807) is 23.1 Å². The molecule has 1 heterocycles. The summed E-state index contributed by atoms with van der Waals surface area (Å²) in [6.07, 6.45) is 8.50. The summed E-state index contributed by atoms with van der Waals surface area (Å²) in [7, 11) is 0. The molecule has 2 aromatic rings. The largest absolute Gasteiger partial charge is 0.508 e. The lowest BCUT2D eigenvalue weighted by Gasteiger charge is -2.53. The van der Waals surface area contributed by atoms with Gasteiger partial charge in [-0.2, -0.15) is 0 Å². The number of rotatable bonds is 7. The van der Waals surface area contributed by atoms with E-state index in [0.717, 1.165) is 50.2 Å². The Balaban J connectivity index is 1.56. The second kappa shape index (κ2) is 8.28. The molecule has 1 aliphatic heterocycles. The van der Waals surface area contributed by atoms with Crippen LogP contribution < -0.4 is 0 Å². The number of amides is 1. The van der Waals surface area contributed by atoms with Gasteiger partial charge in [-0.25, -0.2) is 0 Å². The number of benzene rings is 2. The Morgan fingerprint density at radius 2 is 1.88 bits per heavy atom. The zero-order valence-corrected chi connectivity index (χ0v) is 18.7. The Morgan fingerprint density at radius 3 is 2.56 bits per heavy atom. The van der Waals surface area contributed by atoms with Gasteiger partial charge in [0.15, 0.2) is 0 Å². The average molecular weight is 433 g/mol. The van der Waals surface area contributed by atoms with Crippen LogP contribution in [0.2, 0.25) is 0 Å². The number of carbonyl (C=O) groups excluding carboxylic acids is 1. The lowest BCUT2D eigenvalue weighted by molar-refractivity contribution is -0.116. The van der Waals surface area contributed by atoms with Gasteiger partial charge in [-0.15, -0.1) is 0 Å². The fourth-order valence-corrected chi connectivity index (χ4v) is 5.81. The highest BCUT2D eigenvalue weighted by Gasteiger charge is 2.49. The molecule has 2 unspecified atom stereocenters. The first-order valence-corrected chi connectivity index (χ1v) is 11.8. The van der Waals surface area contributed by atoms with Crippen LogP contribution in [0, 0.1) is 5.92 Å². The quantitative estimate of drug-likeness (QED) is 0.640. The summed E-state index contributed by atoms with van der Waals surface area (Å²) in [4.78, 5) is 16.5. The molecule has 32 heavy (non-hydrogen) atoms. The number of likely N-dealkylation sites (tertiary alicyclic amines) is 1. The summed E-state index contributed by atoms with van der Waals surface area (Å²) in [5.41, 5.74) is 4.67. The number of aromatic hydroxyl groups is 2. The van der Waals surface area contributed by atoms with Crippen molar-refractivity contribution in [3.63, 3.8) is 0 Å². The maximum Gasteiger partial charge on any atom is 0.213 e. The van der Waals surface area contributed by atoms with E-state index in [0.29, 0.717) is 12.3 Å². The van der Waals surface area contributed by atoms with Crippen LogP contribution in [0.3, 0.4) is 0 Å². The first-order valence-electron chi connectivity index (χ1n) is 11.8. The van der Waals surface area contributed by atoms with Crippen LogP contribution in [0.15, 0.2) is 54.2 Å². The van der Waals surface area contributed by atoms with E-state index in [1.807, 2.05) is 18.2 Å². The molecule has 1 saturated carbocycles. The third-order valence-electron chi connectivity index (χ3n) is 7.74. The number of hydrogen-bond donors (Lipinski definition) is 2. The highest BCUT2D eigenvalue weighted by atomic mass is 16.3. The second-order valence-corrected chi connectivity index (χ2v) is 9.71. The number of piperidine rings is 1. The van der Waals surface area contributed by atoms with Crippen molar-refractivity contribution in [1.29, 1.82) is 0 Å². The number of phenolic OH excluding ortho intramolecular Hbond substituents is 2. The van der Waals surface area contributed by atoms with Crippen molar-refractivity contribution in [2.75, 3.05) is 13.1 Å². The Hall–Kier alpha value is -2.79. The van der Waals surface area contributed by atoms with E-state index in [9.17, 15) is 15.0 Å². The smallest absolute Gasteiger partial charge is 0.213 e. The fourth-order valence-electron chi connectivity index (χ4n) is 5.81. The van der Waals surface area contributed by atoms with Gasteiger partial charge in [0.2, 0.25) is 6.41 Å². The average Bonchev–Trinajstić information content (AvgIpc) is 3.61. The molecule has 5 rings (SSSR count). The molecular formula is C27H32N2O3. The van der Waals surface area contributed by atoms with Crippen LogP contribution in [0.1, 0.15) is 49.3 Å². The Kier molecular flexibility index (Phi) is 5.46. The van der Waals surface area contributed by atoms with E-state index >= 15 is 0 Å². The number of carbonyl (C=O) groups is 1. The number of phenols is 2. The molecule has 168 valence electrons. The van der Waals surface area contributed by atoms with Crippen molar-refractivity contribution in [3.05, 3.63) is 70.9 Å². The van der Waals surface area contributed by atoms with Gasteiger partial charge in [-0.3, -0.25) is 9.69 Å². The van der Waals surface area contributed by atoms with Crippen LogP contribution in [-0.2, 0) is 23.2 Å². The first kappa shape index (κ1) is 21.1. The predicted octanol–water partition coefficient (Wildman–Crippen LogP) is 4.33. The number of hydrogen-bond acceptors (Lipinski definition) is 4. The second-order valence-electron chi connectivity index (χ2n) is 9.71. The minimum absolute atomic E-state index is 0.159. The first-order chi connectivity index (χ1) is 15.5. The molecule has 1 amide bonds. The molecule has 2 aliphatic carbocycles. The molecule has 1 saturated heterocycles. The van der Waals surface area contributed by atoms with Gasteiger partial charge in [0.1, 0.15) is 11.5 Å². The molecule has 2 fully saturated rings. The summed E-state index contributed by atoms with van der Waals surface area (Å²) < 4.78 is 0. The summed E-state index contributed by atoms with van der Waals surface area (Å²) >= 11 is 0. The zero-order valence-electron chi connectivity index (χ0n) is 18.7. The Bertz CT molecular complexity index is 1030. The third kappa shape index (κ3) is 3.79. The van der Waals surface area contributed by atoms with E-state index < -0.39 is 0 Å². The Labute approximate surface area is 190 Å². The maximum atomic E-state index is 12.1. The van der Waals surface area contributed by atoms with Crippen molar-refractivity contribution >= 4 is 6.41 Å². The van der Waals surface area contributed by atoms with Crippen molar-refractivity contribution in [2.24, 2.45) is 5.92 Å². The fraction of sp³-hybridized carbons (Fsp3) is 0.444. The van der Waals surface area contributed by atoms with Gasteiger partial charge in [0.05, 0.1) is 0 Å². The molecular weight excluding hydrogens is 400 g/mol. The standard InChI is InChI=1S/C27H32N2O3/c1-2-27-11-12-29(16-20-3-4-20)26(13-21-7-10-23(32)14-24(21)27)25(27)17-28(18-30)15-19-5-8-22(31)9-6-19/h5-10,14,17-18,20,26,31-32H,2-4,11-13,15-16H2,1H3/b25-17-. The van der Waals surface area contributed by atoms with Crippen LogP contribution in [-0.4, -0.2) is 45.6 Å². The maximum absolute atomic E-state index is 12.1. The lowest BCUT2D eigenvalue weighted by Crippen LogP contribution is -2.55. The highest BCUT2D eigenvalue weighted by molar-refractivity contribution is 5.55. The van der Waals surface area contributed by atoms with E-state index in [4.69, 9.17) is 0 Å². The molecule has 0 aromatic heterocycles. The summed E-state index contributed by atoms with van der Waals surface area (Å²) in [6, 6.07) is 13.2. The van der Waals surface area contributed by atoms with E-state index in [-0.39, 0.29) is 17.2 Å². The summed E-state index contributed by atoms with van der Waals surface area (Å²) in [5, 5.41) is 19.9. The SMILES string of the molecule is CCC12CCN(CC3CC3)C(Cc3ccc(O)cc31)/C2=C/N(C=O)Cc1ccc(O)cc1. The van der Waals surface area contributed by atoms with E-state index in [1.165, 1.54) is 29.5 Å². The highest BCUT2D eigenvalue weighted by Crippen LogP contribution is 2.52. The van der Waals surface area contributed by atoms with Gasteiger partial charge < -0.3 is 15.1 Å². The molecule has 2 bridgehead atoms. The van der Waals surface area contributed by atoms with E-state index in [2.05, 4.69) is 24.1 Å². The molecule has 0 radical (unpaired) electrons. The van der Waals surface area contributed by atoms with Crippen LogP contribution in [0.5, 0.6) is 11.5 Å². The minimum atomic E-state index is -0.159. The molecule has 5 heteroatoms. The molecule has 5 nitrogen and oxygen atoms in total. The normalized spacial score (nSPS) is 26.0. The van der Waals surface area contributed by atoms with Gasteiger partial charge >= 0.3 is 0 Å².